The van der Waals surface area contributed by atoms with E-state index in [4.69, 9.17) is 4.74 Å². The van der Waals surface area contributed by atoms with Crippen LogP contribution in [0.4, 0.5) is 4.79 Å². The Kier molecular flexibility index (Phi) is 4.51. The minimum absolute atomic E-state index is 0.0710. The van der Waals surface area contributed by atoms with Gasteiger partial charge in [0, 0.05) is 7.05 Å². The Hall–Kier alpha value is -1.36. The van der Waals surface area contributed by atoms with E-state index in [1.807, 2.05) is 11.4 Å². The minimum atomic E-state index is -0.558. The second-order valence-electron chi connectivity index (χ2n) is 5.11. The van der Waals surface area contributed by atoms with Crippen LogP contribution < -0.4 is 0 Å². The zero-order chi connectivity index (χ0) is 13.9. The zero-order valence-electron chi connectivity index (χ0n) is 11.4. The van der Waals surface area contributed by atoms with E-state index in [-0.39, 0.29) is 5.78 Å². The van der Waals surface area contributed by atoms with Gasteiger partial charge in [0.05, 0.1) is 10.9 Å². The van der Waals surface area contributed by atoms with Gasteiger partial charge in [0.25, 0.3) is 0 Å². The molecule has 1 heterocycles. The number of hydrogen-bond donors (Lipinski definition) is 0. The highest BCUT2D eigenvalue weighted by Crippen LogP contribution is 2.16. The standard InChI is InChI=1S/C13H19NO3S/c1-9(11(15)10-7-6-8-18-10)14(5)12(16)17-13(2,3)4/h6-9H,1-5H3/t9-/m0/s1. The van der Waals surface area contributed by atoms with Crippen molar-refractivity contribution in [1.82, 2.24) is 4.90 Å². The number of thiophene rings is 1. The summed E-state index contributed by atoms with van der Waals surface area (Å²) in [6, 6.07) is 3.04. The first-order valence-electron chi connectivity index (χ1n) is 5.76. The molecule has 1 aromatic heterocycles. The number of ketones is 1. The van der Waals surface area contributed by atoms with Crippen LogP contribution in [0.3, 0.4) is 0 Å². The highest BCUT2D eigenvalue weighted by Gasteiger charge is 2.27. The van der Waals surface area contributed by atoms with E-state index >= 15 is 0 Å². The van der Waals surface area contributed by atoms with Gasteiger partial charge in [0.15, 0.2) is 5.78 Å². The van der Waals surface area contributed by atoms with Gasteiger partial charge >= 0.3 is 6.09 Å². The second-order valence-corrected chi connectivity index (χ2v) is 6.06. The number of hydrogen-bond acceptors (Lipinski definition) is 4. The van der Waals surface area contributed by atoms with Gasteiger partial charge in [-0.1, -0.05) is 6.07 Å². The predicted molar refractivity (Wildman–Crippen MR) is 72.1 cm³/mol. The normalized spacial score (nSPS) is 12.9. The molecule has 18 heavy (non-hydrogen) atoms. The number of carbonyl (C=O) groups excluding carboxylic acids is 2. The Morgan fingerprint density at radius 2 is 2.00 bits per heavy atom. The first-order valence-corrected chi connectivity index (χ1v) is 6.64. The van der Waals surface area contributed by atoms with Crippen molar-refractivity contribution in [3.05, 3.63) is 22.4 Å². The second kappa shape index (κ2) is 5.52. The molecule has 0 bridgehead atoms. The van der Waals surface area contributed by atoms with Gasteiger partial charge in [-0.2, -0.15) is 0 Å². The lowest BCUT2D eigenvalue weighted by Crippen LogP contribution is -2.43. The summed E-state index contributed by atoms with van der Waals surface area (Å²) in [6.07, 6.45) is -0.486. The minimum Gasteiger partial charge on any atom is -0.444 e. The monoisotopic (exact) mass is 269 g/mol. The summed E-state index contributed by atoms with van der Waals surface area (Å²) in [5.74, 6) is -0.0710. The molecule has 0 aliphatic heterocycles. The van der Waals surface area contributed by atoms with Crippen molar-refractivity contribution in [2.75, 3.05) is 7.05 Å². The summed E-state index contributed by atoms with van der Waals surface area (Å²) in [5.41, 5.74) is -0.558. The number of Topliss-reactive ketones (excluding diaryl/α,β-unsaturated/α-hetero) is 1. The van der Waals surface area contributed by atoms with Crippen molar-refractivity contribution in [2.24, 2.45) is 0 Å². The van der Waals surface area contributed by atoms with Crippen LogP contribution in [0.1, 0.15) is 37.4 Å². The first kappa shape index (κ1) is 14.7. The average Bonchev–Trinajstić information content (AvgIpc) is 2.77. The topological polar surface area (TPSA) is 46.6 Å². The van der Waals surface area contributed by atoms with Crippen LogP contribution >= 0.6 is 11.3 Å². The fourth-order valence-electron chi connectivity index (χ4n) is 1.29. The SMILES string of the molecule is C[C@@H](C(=O)c1cccs1)N(C)C(=O)OC(C)(C)C. The molecule has 0 fully saturated rings. The van der Waals surface area contributed by atoms with Crippen molar-refractivity contribution in [3.63, 3.8) is 0 Å². The van der Waals surface area contributed by atoms with Gasteiger partial charge < -0.3 is 9.64 Å². The average molecular weight is 269 g/mol. The Labute approximate surface area is 112 Å². The number of ether oxygens (including phenoxy) is 1. The predicted octanol–water partition coefficient (Wildman–Crippen LogP) is 3.19. The van der Waals surface area contributed by atoms with Crippen LogP contribution in [0.5, 0.6) is 0 Å². The highest BCUT2D eigenvalue weighted by atomic mass is 32.1. The Morgan fingerprint density at radius 3 is 2.44 bits per heavy atom. The molecule has 0 saturated heterocycles. The lowest BCUT2D eigenvalue weighted by Gasteiger charge is -2.27. The third-order valence-electron chi connectivity index (χ3n) is 2.41. The fraction of sp³-hybridized carbons (Fsp3) is 0.538. The molecular formula is C13H19NO3S. The Balaban J connectivity index is 2.69. The van der Waals surface area contributed by atoms with E-state index in [2.05, 4.69) is 0 Å². The zero-order valence-corrected chi connectivity index (χ0v) is 12.2. The maximum absolute atomic E-state index is 12.1. The van der Waals surface area contributed by atoms with E-state index in [0.29, 0.717) is 4.88 Å². The van der Waals surface area contributed by atoms with Crippen LogP contribution in [0.15, 0.2) is 17.5 Å². The van der Waals surface area contributed by atoms with Crippen LogP contribution in [0.25, 0.3) is 0 Å². The number of amides is 1. The van der Waals surface area contributed by atoms with Gasteiger partial charge in [-0.15, -0.1) is 11.3 Å². The molecule has 0 aliphatic rings. The van der Waals surface area contributed by atoms with Gasteiger partial charge in [-0.05, 0) is 39.1 Å². The van der Waals surface area contributed by atoms with Gasteiger partial charge in [-0.25, -0.2) is 4.79 Å². The molecule has 1 aromatic rings. The van der Waals surface area contributed by atoms with Gasteiger partial charge in [0.1, 0.15) is 5.60 Å². The van der Waals surface area contributed by atoms with Gasteiger partial charge in [0.2, 0.25) is 0 Å². The molecule has 1 amide bonds. The summed E-state index contributed by atoms with van der Waals surface area (Å²) < 4.78 is 5.23. The van der Waals surface area contributed by atoms with Crippen molar-refractivity contribution in [2.45, 2.75) is 39.3 Å². The van der Waals surface area contributed by atoms with Gasteiger partial charge in [-0.3, -0.25) is 4.79 Å². The molecule has 1 atom stereocenters. The lowest BCUT2D eigenvalue weighted by molar-refractivity contribution is 0.0232. The summed E-state index contributed by atoms with van der Waals surface area (Å²) in [7, 11) is 1.57. The van der Waals surface area contributed by atoms with E-state index in [1.54, 1.807) is 40.8 Å². The first-order chi connectivity index (χ1) is 8.22. The molecule has 1 rings (SSSR count). The molecule has 5 heteroatoms. The molecule has 0 spiro atoms. The highest BCUT2D eigenvalue weighted by molar-refractivity contribution is 7.12. The van der Waals surface area contributed by atoms with E-state index in [9.17, 15) is 9.59 Å². The Morgan fingerprint density at radius 1 is 1.39 bits per heavy atom. The molecule has 0 aromatic carbocycles. The van der Waals surface area contributed by atoms with Crippen LogP contribution in [-0.4, -0.2) is 35.5 Å². The lowest BCUT2D eigenvalue weighted by atomic mass is 10.1. The number of rotatable bonds is 3. The maximum Gasteiger partial charge on any atom is 0.410 e. The third kappa shape index (κ3) is 3.84. The molecule has 0 radical (unpaired) electrons. The largest absolute Gasteiger partial charge is 0.444 e. The molecule has 0 N–H and O–H groups in total. The molecule has 0 unspecified atom stereocenters. The quantitative estimate of drug-likeness (QED) is 0.792. The van der Waals surface area contributed by atoms with Crippen molar-refractivity contribution in [1.29, 1.82) is 0 Å². The summed E-state index contributed by atoms with van der Waals surface area (Å²) in [4.78, 5) is 25.9. The Bertz CT molecular complexity index is 420. The summed E-state index contributed by atoms with van der Waals surface area (Å²) in [5, 5.41) is 1.84. The molecule has 0 saturated carbocycles. The van der Waals surface area contributed by atoms with Crippen molar-refractivity contribution >= 4 is 23.2 Å². The third-order valence-corrected chi connectivity index (χ3v) is 3.29. The molecular weight excluding hydrogens is 250 g/mol. The molecule has 100 valence electrons. The van der Waals surface area contributed by atoms with Crippen LogP contribution in [-0.2, 0) is 4.74 Å². The van der Waals surface area contributed by atoms with E-state index < -0.39 is 17.7 Å². The van der Waals surface area contributed by atoms with Crippen LogP contribution in [0.2, 0.25) is 0 Å². The van der Waals surface area contributed by atoms with E-state index in [0.717, 1.165) is 0 Å². The molecule has 4 nitrogen and oxygen atoms in total. The maximum atomic E-state index is 12.1. The summed E-state index contributed by atoms with van der Waals surface area (Å²) >= 11 is 1.37. The smallest absolute Gasteiger partial charge is 0.410 e. The summed E-state index contributed by atoms with van der Waals surface area (Å²) in [6.45, 7) is 7.09. The van der Waals surface area contributed by atoms with Crippen molar-refractivity contribution < 1.29 is 14.3 Å². The van der Waals surface area contributed by atoms with E-state index in [1.165, 1.54) is 16.2 Å². The number of nitrogens with zero attached hydrogens (tertiary/aromatic N) is 1. The molecule has 0 aliphatic carbocycles. The van der Waals surface area contributed by atoms with Crippen molar-refractivity contribution in [3.8, 4) is 0 Å². The number of likely N-dealkylation sites (N-methyl/N-ethyl adjacent to an activating group) is 1. The fourth-order valence-corrected chi connectivity index (χ4v) is 2.04. The van der Waals surface area contributed by atoms with Crippen LogP contribution in [0, 0.1) is 0 Å². The number of carbonyl (C=O) groups is 2.